The predicted molar refractivity (Wildman–Crippen MR) is 117 cm³/mol. The third-order valence-corrected chi connectivity index (χ3v) is 7.59. The molecule has 1 heterocycles. The standard InChI is InChI=1S/C23H34N4O3/c1-23-13-16(4-2-3-5-21(28)29)22-18-9-7-17(27-26-14-25-24)12-15(18)6-8-19(22)20(23)10-11-30-23/h12,14,16,19-20H,2-11,13,24H2,1H3,(H,25,26)(H,28,29)/t16-,19-,20-,23-/m0/s1. The molecule has 164 valence electrons. The van der Waals surface area contributed by atoms with E-state index >= 15 is 0 Å². The number of aliphatic carboxylic acids is 1. The zero-order valence-corrected chi connectivity index (χ0v) is 17.9. The molecule has 1 saturated carbocycles. The van der Waals surface area contributed by atoms with E-state index in [2.05, 4.69) is 28.6 Å². The van der Waals surface area contributed by atoms with E-state index in [1.165, 1.54) is 18.3 Å². The highest BCUT2D eigenvalue weighted by molar-refractivity contribution is 5.98. The average Bonchev–Trinajstić information content (AvgIpc) is 3.12. The second-order valence-electron chi connectivity index (χ2n) is 9.36. The molecule has 3 aliphatic carbocycles. The summed E-state index contributed by atoms with van der Waals surface area (Å²) in [5.41, 5.74) is 8.51. The Kier molecular flexibility index (Phi) is 6.27. The molecule has 7 nitrogen and oxygen atoms in total. The zero-order valence-electron chi connectivity index (χ0n) is 17.9. The van der Waals surface area contributed by atoms with Gasteiger partial charge in [-0.3, -0.25) is 10.2 Å². The van der Waals surface area contributed by atoms with Gasteiger partial charge in [-0.05, 0) is 93.3 Å². The number of carboxylic acids is 1. The fraction of sp³-hybridized carbons (Fsp3) is 0.696. The van der Waals surface area contributed by atoms with Crippen molar-refractivity contribution in [2.75, 3.05) is 6.61 Å². The Labute approximate surface area is 178 Å². The predicted octanol–water partition coefficient (Wildman–Crippen LogP) is 3.72. The molecule has 0 bridgehead atoms. The maximum absolute atomic E-state index is 10.9. The van der Waals surface area contributed by atoms with Crippen LogP contribution in [0.2, 0.25) is 0 Å². The molecule has 0 spiro atoms. The Balaban J connectivity index is 1.60. The van der Waals surface area contributed by atoms with Crippen molar-refractivity contribution in [3.63, 3.8) is 0 Å². The van der Waals surface area contributed by atoms with Gasteiger partial charge >= 0.3 is 5.97 Å². The summed E-state index contributed by atoms with van der Waals surface area (Å²) in [6.07, 6.45) is 13.2. The van der Waals surface area contributed by atoms with Crippen LogP contribution in [0, 0.1) is 17.8 Å². The third kappa shape index (κ3) is 4.17. The summed E-state index contributed by atoms with van der Waals surface area (Å²) in [5.74, 6) is 6.17. The van der Waals surface area contributed by atoms with Crippen LogP contribution in [0.1, 0.15) is 71.1 Å². The summed E-state index contributed by atoms with van der Waals surface area (Å²) in [5, 5.41) is 16.8. The number of carboxylic acid groups (broad SMARTS) is 1. The van der Waals surface area contributed by atoms with Crippen molar-refractivity contribution in [3.05, 3.63) is 22.8 Å². The highest BCUT2D eigenvalue weighted by Gasteiger charge is 2.53. The van der Waals surface area contributed by atoms with Crippen LogP contribution in [0.4, 0.5) is 0 Å². The summed E-state index contributed by atoms with van der Waals surface area (Å²) in [4.78, 5) is 10.9. The van der Waals surface area contributed by atoms with Crippen LogP contribution in [-0.2, 0) is 9.53 Å². The van der Waals surface area contributed by atoms with Crippen LogP contribution >= 0.6 is 0 Å². The van der Waals surface area contributed by atoms with Crippen molar-refractivity contribution in [1.82, 2.24) is 5.43 Å². The van der Waals surface area contributed by atoms with Gasteiger partial charge in [0.2, 0.25) is 0 Å². The first-order valence-corrected chi connectivity index (χ1v) is 11.4. The van der Waals surface area contributed by atoms with Gasteiger partial charge in [0.05, 0.1) is 11.3 Å². The number of hydrogen-bond acceptors (Lipinski definition) is 5. The molecule has 0 radical (unpaired) electrons. The van der Waals surface area contributed by atoms with Crippen LogP contribution in [0.5, 0.6) is 0 Å². The van der Waals surface area contributed by atoms with E-state index in [0.29, 0.717) is 17.8 Å². The number of hydrogen-bond donors (Lipinski definition) is 3. The minimum absolute atomic E-state index is 0.0137. The lowest BCUT2D eigenvalue weighted by Gasteiger charge is -2.50. The van der Waals surface area contributed by atoms with Gasteiger partial charge in [0.15, 0.2) is 0 Å². The van der Waals surface area contributed by atoms with Crippen molar-refractivity contribution in [3.8, 4) is 0 Å². The molecule has 4 rings (SSSR count). The van der Waals surface area contributed by atoms with Crippen LogP contribution < -0.4 is 11.3 Å². The molecule has 0 aromatic rings. The minimum Gasteiger partial charge on any atom is -0.481 e. The largest absolute Gasteiger partial charge is 0.481 e. The number of nitrogens with two attached hydrogens (primary N) is 1. The summed E-state index contributed by atoms with van der Waals surface area (Å²) < 4.78 is 6.29. The van der Waals surface area contributed by atoms with Crippen molar-refractivity contribution in [1.29, 1.82) is 0 Å². The molecule has 7 heteroatoms. The Morgan fingerprint density at radius 1 is 1.37 bits per heavy atom. The molecule has 4 aliphatic rings. The molecular formula is C23H34N4O3. The number of ether oxygens (including phenoxy) is 1. The first-order chi connectivity index (χ1) is 14.5. The van der Waals surface area contributed by atoms with E-state index < -0.39 is 5.97 Å². The lowest BCUT2D eigenvalue weighted by molar-refractivity contribution is -0.137. The summed E-state index contributed by atoms with van der Waals surface area (Å²) in [6, 6.07) is 0. The van der Waals surface area contributed by atoms with Gasteiger partial charge in [-0.1, -0.05) is 12.0 Å². The third-order valence-electron chi connectivity index (χ3n) is 7.59. The lowest BCUT2D eigenvalue weighted by Crippen LogP contribution is -2.46. The van der Waals surface area contributed by atoms with E-state index in [4.69, 9.17) is 15.7 Å². The van der Waals surface area contributed by atoms with E-state index in [-0.39, 0.29) is 12.0 Å². The van der Waals surface area contributed by atoms with Crippen LogP contribution in [0.3, 0.4) is 0 Å². The molecule has 1 aliphatic heterocycles. The Hall–Kier alpha value is -2.15. The van der Waals surface area contributed by atoms with Crippen LogP contribution in [0.25, 0.3) is 0 Å². The van der Waals surface area contributed by atoms with Gasteiger partial charge in [-0.15, -0.1) is 0 Å². The number of hydrazone groups is 2. The van der Waals surface area contributed by atoms with Crippen molar-refractivity contribution < 1.29 is 14.6 Å². The Bertz CT molecular complexity index is 800. The number of rotatable bonds is 7. The molecule has 0 aromatic carbocycles. The maximum atomic E-state index is 10.9. The number of unbranched alkanes of at least 4 members (excludes halogenated alkanes) is 1. The first-order valence-electron chi connectivity index (χ1n) is 11.4. The second-order valence-corrected chi connectivity index (χ2v) is 9.36. The molecule has 1 saturated heterocycles. The van der Waals surface area contributed by atoms with E-state index in [9.17, 15) is 4.79 Å². The number of nitrogens with zero attached hydrogens (tertiary/aromatic N) is 2. The van der Waals surface area contributed by atoms with E-state index in [1.54, 1.807) is 11.1 Å². The smallest absolute Gasteiger partial charge is 0.303 e. The van der Waals surface area contributed by atoms with Gasteiger partial charge in [-0.2, -0.15) is 10.2 Å². The molecule has 0 unspecified atom stereocenters. The number of nitrogens with one attached hydrogen (secondary N) is 1. The fourth-order valence-corrected chi connectivity index (χ4v) is 6.41. The van der Waals surface area contributed by atoms with Gasteiger partial charge < -0.3 is 15.7 Å². The molecular weight excluding hydrogens is 380 g/mol. The van der Waals surface area contributed by atoms with Gasteiger partial charge in [0.1, 0.15) is 6.34 Å². The maximum Gasteiger partial charge on any atom is 0.303 e. The molecule has 2 fully saturated rings. The Morgan fingerprint density at radius 3 is 3.03 bits per heavy atom. The van der Waals surface area contributed by atoms with E-state index in [1.807, 2.05) is 0 Å². The van der Waals surface area contributed by atoms with E-state index in [0.717, 1.165) is 63.7 Å². The molecule has 4 atom stereocenters. The van der Waals surface area contributed by atoms with Gasteiger partial charge in [0.25, 0.3) is 0 Å². The van der Waals surface area contributed by atoms with Crippen molar-refractivity contribution >= 4 is 18.0 Å². The van der Waals surface area contributed by atoms with Crippen LogP contribution in [0.15, 0.2) is 33.0 Å². The molecule has 4 N–H and O–H groups in total. The quantitative estimate of drug-likeness (QED) is 0.193. The topological polar surface area (TPSA) is 109 Å². The number of allylic oxidation sites excluding steroid dienone is 4. The summed E-state index contributed by atoms with van der Waals surface area (Å²) >= 11 is 0. The monoisotopic (exact) mass is 414 g/mol. The lowest BCUT2D eigenvalue weighted by atomic mass is 9.57. The fourth-order valence-electron chi connectivity index (χ4n) is 6.41. The normalized spacial score (nSPS) is 34.5. The molecule has 0 aromatic heterocycles. The van der Waals surface area contributed by atoms with Crippen LogP contribution in [-0.4, -0.2) is 35.3 Å². The Morgan fingerprint density at radius 2 is 2.23 bits per heavy atom. The zero-order chi connectivity index (χ0) is 21.1. The molecule has 0 amide bonds. The minimum atomic E-state index is -0.694. The number of carbonyl (C=O) groups is 1. The van der Waals surface area contributed by atoms with Crippen molar-refractivity contribution in [2.45, 2.75) is 76.7 Å². The SMILES string of the molecule is C[C@]12C[C@H](CCCCC(=O)O)C3=C4CCC(=NNC=NN)C=C4CC[C@H]3[C@@H]1CCO2. The highest BCUT2D eigenvalue weighted by Crippen LogP contribution is 2.57. The molecule has 30 heavy (non-hydrogen) atoms. The first kappa shape index (κ1) is 21.1. The van der Waals surface area contributed by atoms with Gasteiger partial charge in [0, 0.05) is 13.0 Å². The summed E-state index contributed by atoms with van der Waals surface area (Å²) in [6.45, 7) is 3.19. The second kappa shape index (κ2) is 8.92. The van der Waals surface area contributed by atoms with Crippen molar-refractivity contribution in [2.24, 2.45) is 33.8 Å². The average molecular weight is 415 g/mol. The highest BCUT2D eigenvalue weighted by atomic mass is 16.5. The van der Waals surface area contributed by atoms with Gasteiger partial charge in [-0.25, -0.2) is 0 Å². The number of fused-ring (bicyclic) bond motifs is 4. The summed E-state index contributed by atoms with van der Waals surface area (Å²) in [7, 11) is 0.